The molecular weight excluding hydrogens is 324 g/mol. The van der Waals surface area contributed by atoms with Gasteiger partial charge in [0.15, 0.2) is 0 Å². The summed E-state index contributed by atoms with van der Waals surface area (Å²) in [4.78, 5) is 22.9. The molecule has 6 nitrogen and oxygen atoms in total. The van der Waals surface area contributed by atoms with Crippen LogP contribution in [0.3, 0.4) is 0 Å². The Labute approximate surface area is 143 Å². The van der Waals surface area contributed by atoms with E-state index in [-0.39, 0.29) is 5.91 Å². The molecule has 1 amide bonds. The van der Waals surface area contributed by atoms with Gasteiger partial charge in [-0.3, -0.25) is 9.78 Å². The summed E-state index contributed by atoms with van der Waals surface area (Å²) >= 11 is 1.54. The van der Waals surface area contributed by atoms with Gasteiger partial charge in [-0.15, -0.1) is 0 Å². The molecule has 1 aliphatic heterocycles. The predicted molar refractivity (Wildman–Crippen MR) is 89.9 cm³/mol. The Morgan fingerprint density at radius 2 is 2.29 bits per heavy atom. The number of rotatable bonds is 4. The quantitative estimate of drug-likeness (QED) is 0.732. The number of pyridine rings is 1. The highest BCUT2D eigenvalue weighted by Crippen LogP contribution is 2.20. The first-order valence-corrected chi connectivity index (χ1v) is 8.63. The maximum Gasteiger partial charge on any atom is 0.255 e. The maximum absolute atomic E-state index is 12.5. The molecule has 0 bridgehead atoms. The Kier molecular flexibility index (Phi) is 4.00. The number of nitrogens with zero attached hydrogens (tertiary/aromatic N) is 4. The van der Waals surface area contributed by atoms with Crippen LogP contribution in [0.5, 0.6) is 5.75 Å². The van der Waals surface area contributed by atoms with E-state index in [2.05, 4.69) is 14.5 Å². The van der Waals surface area contributed by atoms with Crippen LogP contribution in [-0.4, -0.2) is 31.9 Å². The minimum Gasteiger partial charge on any atom is -0.486 e. The second kappa shape index (κ2) is 6.45. The van der Waals surface area contributed by atoms with Crippen LogP contribution < -0.4 is 4.74 Å². The number of hydrogen-bond donors (Lipinski definition) is 0. The molecule has 3 aromatic heterocycles. The lowest BCUT2D eigenvalue weighted by Crippen LogP contribution is -2.38. The normalized spacial score (nSPS) is 13.6. The minimum absolute atomic E-state index is 0.0721. The molecule has 3 aromatic rings. The van der Waals surface area contributed by atoms with Crippen LogP contribution in [0, 0.1) is 0 Å². The van der Waals surface area contributed by atoms with Crippen LogP contribution in [-0.2, 0) is 19.7 Å². The van der Waals surface area contributed by atoms with Gasteiger partial charge in [0.05, 0.1) is 30.3 Å². The molecule has 0 aliphatic carbocycles. The van der Waals surface area contributed by atoms with Crippen molar-refractivity contribution in [1.82, 2.24) is 19.4 Å². The van der Waals surface area contributed by atoms with Gasteiger partial charge in [-0.2, -0.15) is 11.3 Å². The molecule has 1 aliphatic rings. The third kappa shape index (κ3) is 2.90. The highest BCUT2D eigenvalue weighted by atomic mass is 32.1. The van der Waals surface area contributed by atoms with E-state index >= 15 is 0 Å². The summed E-state index contributed by atoms with van der Waals surface area (Å²) in [5.41, 5.74) is 2.65. The van der Waals surface area contributed by atoms with Crippen LogP contribution in [0.25, 0.3) is 0 Å². The molecule has 4 rings (SSSR count). The number of carbonyl (C=O) groups is 1. The molecule has 24 heavy (non-hydrogen) atoms. The van der Waals surface area contributed by atoms with E-state index in [0.29, 0.717) is 25.4 Å². The van der Waals surface area contributed by atoms with Crippen molar-refractivity contribution in [1.29, 1.82) is 0 Å². The van der Waals surface area contributed by atoms with Gasteiger partial charge < -0.3 is 14.2 Å². The predicted octanol–water partition coefficient (Wildman–Crippen LogP) is 2.57. The summed E-state index contributed by atoms with van der Waals surface area (Å²) in [5, 5.41) is 3.81. The summed E-state index contributed by atoms with van der Waals surface area (Å²) in [5.74, 6) is 0.782. The Balaban J connectivity index is 1.48. The minimum atomic E-state index is 0.0721. The topological polar surface area (TPSA) is 60.2 Å². The monoisotopic (exact) mass is 340 g/mol. The molecule has 0 saturated carbocycles. The Morgan fingerprint density at radius 1 is 1.33 bits per heavy atom. The molecular formula is C17H16N4O2S. The maximum atomic E-state index is 12.5. The number of hydrogen-bond acceptors (Lipinski definition) is 5. The molecule has 0 radical (unpaired) electrons. The first-order chi connectivity index (χ1) is 11.8. The SMILES string of the molecule is O=C(c1ccsc1)N1CCn2cnc(COc3cccnc3)c2C1. The molecule has 0 fully saturated rings. The summed E-state index contributed by atoms with van der Waals surface area (Å²) in [6.45, 7) is 2.38. The highest BCUT2D eigenvalue weighted by Gasteiger charge is 2.24. The van der Waals surface area contributed by atoms with Crippen LogP contribution in [0.2, 0.25) is 0 Å². The van der Waals surface area contributed by atoms with Crippen molar-refractivity contribution >= 4 is 17.2 Å². The number of ether oxygens (including phenoxy) is 1. The van der Waals surface area contributed by atoms with Crippen molar-refractivity contribution < 1.29 is 9.53 Å². The molecule has 0 unspecified atom stereocenters. The van der Waals surface area contributed by atoms with E-state index in [1.807, 2.05) is 40.2 Å². The second-order valence-electron chi connectivity index (χ2n) is 5.55. The highest BCUT2D eigenvalue weighted by molar-refractivity contribution is 7.08. The number of aromatic nitrogens is 3. The number of imidazole rings is 1. The van der Waals surface area contributed by atoms with Crippen molar-refractivity contribution in [2.75, 3.05) is 6.54 Å². The van der Waals surface area contributed by atoms with Gasteiger partial charge in [0.25, 0.3) is 5.91 Å². The molecule has 0 spiro atoms. The van der Waals surface area contributed by atoms with Gasteiger partial charge in [-0.05, 0) is 23.6 Å². The molecule has 7 heteroatoms. The second-order valence-corrected chi connectivity index (χ2v) is 6.33. The van der Waals surface area contributed by atoms with Crippen molar-refractivity contribution in [3.63, 3.8) is 0 Å². The van der Waals surface area contributed by atoms with E-state index < -0.39 is 0 Å². The average Bonchev–Trinajstić information content (AvgIpc) is 3.30. The van der Waals surface area contributed by atoms with Crippen molar-refractivity contribution in [3.05, 3.63) is 64.6 Å². The molecule has 122 valence electrons. The molecule has 0 saturated heterocycles. The fourth-order valence-corrected chi connectivity index (χ4v) is 3.39. The summed E-state index contributed by atoms with van der Waals surface area (Å²) in [6.07, 6.45) is 5.21. The number of thiophene rings is 1. The van der Waals surface area contributed by atoms with Crippen LogP contribution in [0.15, 0.2) is 47.7 Å². The fourth-order valence-electron chi connectivity index (χ4n) is 2.76. The zero-order valence-corrected chi connectivity index (χ0v) is 13.8. The third-order valence-corrected chi connectivity index (χ3v) is 4.73. The van der Waals surface area contributed by atoms with Crippen LogP contribution in [0.4, 0.5) is 0 Å². The molecule has 0 N–H and O–H groups in total. The number of carbonyl (C=O) groups excluding carboxylic acids is 1. The van der Waals surface area contributed by atoms with Crippen molar-refractivity contribution in [2.24, 2.45) is 0 Å². The first kappa shape index (κ1) is 14.9. The lowest BCUT2D eigenvalue weighted by atomic mass is 10.2. The van der Waals surface area contributed by atoms with Crippen molar-refractivity contribution in [2.45, 2.75) is 19.7 Å². The van der Waals surface area contributed by atoms with Gasteiger partial charge in [-0.25, -0.2) is 4.98 Å². The summed E-state index contributed by atoms with van der Waals surface area (Å²) < 4.78 is 7.84. The van der Waals surface area contributed by atoms with E-state index in [1.54, 1.807) is 12.4 Å². The number of fused-ring (bicyclic) bond motifs is 1. The Morgan fingerprint density at radius 3 is 3.08 bits per heavy atom. The van der Waals surface area contributed by atoms with Crippen LogP contribution >= 0.6 is 11.3 Å². The van der Waals surface area contributed by atoms with Gasteiger partial charge in [-0.1, -0.05) is 0 Å². The van der Waals surface area contributed by atoms with Gasteiger partial charge >= 0.3 is 0 Å². The first-order valence-electron chi connectivity index (χ1n) is 7.68. The number of amides is 1. The van der Waals surface area contributed by atoms with Crippen molar-refractivity contribution in [3.8, 4) is 5.75 Å². The molecule has 4 heterocycles. The van der Waals surface area contributed by atoms with E-state index in [1.165, 1.54) is 11.3 Å². The standard InChI is InChI=1S/C17H16N4O2S/c22-17(13-3-7-24-11-13)20-5-6-21-12-19-15(16(21)9-20)10-23-14-2-1-4-18-8-14/h1-4,7-8,11-12H,5-6,9-10H2. The largest absolute Gasteiger partial charge is 0.486 e. The molecule has 0 aromatic carbocycles. The zero-order chi connectivity index (χ0) is 16.4. The van der Waals surface area contributed by atoms with Gasteiger partial charge in [0.1, 0.15) is 18.1 Å². The van der Waals surface area contributed by atoms with E-state index in [0.717, 1.165) is 23.5 Å². The van der Waals surface area contributed by atoms with E-state index in [4.69, 9.17) is 4.74 Å². The average molecular weight is 340 g/mol. The van der Waals surface area contributed by atoms with Crippen LogP contribution in [0.1, 0.15) is 21.7 Å². The molecule has 0 atom stereocenters. The Bertz CT molecular complexity index is 830. The van der Waals surface area contributed by atoms with Gasteiger partial charge in [0.2, 0.25) is 0 Å². The third-order valence-electron chi connectivity index (χ3n) is 4.05. The lowest BCUT2D eigenvalue weighted by molar-refractivity contribution is 0.0710. The summed E-state index contributed by atoms with van der Waals surface area (Å²) in [7, 11) is 0. The van der Waals surface area contributed by atoms with Gasteiger partial charge in [0, 0.05) is 24.7 Å². The smallest absolute Gasteiger partial charge is 0.255 e. The summed E-state index contributed by atoms with van der Waals surface area (Å²) in [6, 6.07) is 5.56. The van der Waals surface area contributed by atoms with E-state index in [9.17, 15) is 4.79 Å². The Hall–Kier alpha value is -2.67. The zero-order valence-electron chi connectivity index (χ0n) is 13.0. The lowest BCUT2D eigenvalue weighted by Gasteiger charge is -2.28. The fraction of sp³-hybridized carbons (Fsp3) is 0.235.